The fraction of sp³-hybridized carbons (Fsp3) is 0.667. The number of amides is 2. The van der Waals surface area contributed by atoms with Crippen molar-refractivity contribution in [3.8, 4) is 0 Å². The highest BCUT2D eigenvalue weighted by molar-refractivity contribution is 5.81. The molecule has 27 heavy (non-hydrogen) atoms. The second-order valence-corrected chi connectivity index (χ2v) is 7.84. The number of aromatic nitrogens is 1. The standard InChI is InChI=1S/C21H31N3O3/c1-3-18(27-2)20(26)23-14-10-21(11-15-23)9-7-19(25)24(16-21)13-8-17-6-4-5-12-22-17/h4-6,12,18H,3,7-11,13-16H2,1-2H3/t18-/m1/s1. The van der Waals surface area contributed by atoms with Crippen molar-refractivity contribution in [2.24, 2.45) is 5.41 Å². The number of hydrogen-bond donors (Lipinski definition) is 0. The van der Waals surface area contributed by atoms with E-state index in [4.69, 9.17) is 4.74 Å². The molecule has 1 aromatic heterocycles. The molecule has 0 unspecified atom stereocenters. The van der Waals surface area contributed by atoms with Crippen LogP contribution >= 0.6 is 0 Å². The highest BCUT2D eigenvalue weighted by atomic mass is 16.5. The topological polar surface area (TPSA) is 62.7 Å². The number of methoxy groups -OCH3 is 1. The molecule has 6 nitrogen and oxygen atoms in total. The molecule has 2 fully saturated rings. The van der Waals surface area contributed by atoms with Gasteiger partial charge >= 0.3 is 0 Å². The van der Waals surface area contributed by atoms with Gasteiger partial charge in [-0.1, -0.05) is 13.0 Å². The number of hydrogen-bond acceptors (Lipinski definition) is 4. The van der Waals surface area contributed by atoms with Gasteiger partial charge in [-0.15, -0.1) is 0 Å². The Morgan fingerprint density at radius 1 is 1.30 bits per heavy atom. The minimum Gasteiger partial charge on any atom is -0.372 e. The van der Waals surface area contributed by atoms with E-state index in [1.54, 1.807) is 13.3 Å². The Balaban J connectivity index is 1.56. The van der Waals surface area contributed by atoms with Crippen LogP contribution in [0.15, 0.2) is 24.4 Å². The SMILES string of the molecule is CC[C@@H](OC)C(=O)N1CCC2(CCC(=O)N(CCc3ccccn3)C2)CC1. The molecule has 2 aliphatic rings. The molecule has 0 saturated carbocycles. The number of pyridine rings is 1. The summed E-state index contributed by atoms with van der Waals surface area (Å²) in [7, 11) is 1.60. The van der Waals surface area contributed by atoms with Gasteiger partial charge in [0.15, 0.2) is 0 Å². The third-order valence-electron chi connectivity index (χ3n) is 6.18. The molecule has 0 radical (unpaired) electrons. The van der Waals surface area contributed by atoms with Gasteiger partial charge in [-0.2, -0.15) is 0 Å². The molecule has 6 heteroatoms. The zero-order chi connectivity index (χ0) is 19.3. The summed E-state index contributed by atoms with van der Waals surface area (Å²) in [4.78, 5) is 33.3. The van der Waals surface area contributed by atoms with Crippen LogP contribution in [0.3, 0.4) is 0 Å². The number of likely N-dealkylation sites (tertiary alicyclic amines) is 2. The number of ether oxygens (including phenoxy) is 1. The minimum atomic E-state index is -0.332. The van der Waals surface area contributed by atoms with Crippen LogP contribution in [0, 0.1) is 5.41 Å². The van der Waals surface area contributed by atoms with Crippen LogP contribution in [0.4, 0.5) is 0 Å². The molecule has 0 bridgehead atoms. The highest BCUT2D eigenvalue weighted by Gasteiger charge is 2.42. The zero-order valence-corrected chi connectivity index (χ0v) is 16.5. The first kappa shape index (κ1) is 19.8. The van der Waals surface area contributed by atoms with Crippen LogP contribution in [-0.2, 0) is 20.7 Å². The summed E-state index contributed by atoms with van der Waals surface area (Å²) < 4.78 is 5.31. The Labute approximate surface area is 161 Å². The van der Waals surface area contributed by atoms with Gasteiger partial charge in [-0.25, -0.2) is 0 Å². The summed E-state index contributed by atoms with van der Waals surface area (Å²) in [6.45, 7) is 5.04. The van der Waals surface area contributed by atoms with Crippen LogP contribution < -0.4 is 0 Å². The van der Waals surface area contributed by atoms with E-state index in [1.165, 1.54) is 0 Å². The van der Waals surface area contributed by atoms with Crippen LogP contribution in [0.1, 0.15) is 44.7 Å². The van der Waals surface area contributed by atoms with E-state index < -0.39 is 0 Å². The molecule has 1 spiro atoms. The maximum Gasteiger partial charge on any atom is 0.251 e. The smallest absolute Gasteiger partial charge is 0.251 e. The average Bonchev–Trinajstić information content (AvgIpc) is 2.71. The fourth-order valence-corrected chi connectivity index (χ4v) is 4.36. The average molecular weight is 373 g/mol. The molecule has 148 valence electrons. The molecule has 0 aliphatic carbocycles. The Kier molecular flexibility index (Phi) is 6.47. The van der Waals surface area contributed by atoms with Crippen molar-refractivity contribution < 1.29 is 14.3 Å². The van der Waals surface area contributed by atoms with Crippen molar-refractivity contribution in [2.75, 3.05) is 33.3 Å². The summed E-state index contributed by atoms with van der Waals surface area (Å²) in [5, 5.41) is 0. The van der Waals surface area contributed by atoms with Crippen molar-refractivity contribution in [3.05, 3.63) is 30.1 Å². The second kappa shape index (κ2) is 8.83. The van der Waals surface area contributed by atoms with Gasteiger partial charge in [0.2, 0.25) is 5.91 Å². The number of piperidine rings is 2. The molecular formula is C21H31N3O3. The predicted octanol–water partition coefficient (Wildman–Crippen LogP) is 2.28. The summed E-state index contributed by atoms with van der Waals surface area (Å²) in [6, 6.07) is 5.90. The molecule has 3 rings (SSSR count). The summed E-state index contributed by atoms with van der Waals surface area (Å²) in [5.74, 6) is 0.356. The lowest BCUT2D eigenvalue weighted by Gasteiger charge is -2.47. The van der Waals surface area contributed by atoms with Crippen molar-refractivity contribution >= 4 is 11.8 Å². The van der Waals surface area contributed by atoms with Gasteiger partial charge in [0.25, 0.3) is 5.91 Å². The summed E-state index contributed by atoms with van der Waals surface area (Å²) in [5.41, 5.74) is 1.18. The molecule has 1 atom stereocenters. The van der Waals surface area contributed by atoms with Crippen LogP contribution in [-0.4, -0.2) is 66.0 Å². The lowest BCUT2D eigenvalue weighted by Crippen LogP contribution is -2.54. The maximum atomic E-state index is 12.5. The largest absolute Gasteiger partial charge is 0.372 e. The molecule has 1 aromatic rings. The normalized spacial score (nSPS) is 20.7. The highest BCUT2D eigenvalue weighted by Crippen LogP contribution is 2.40. The fourth-order valence-electron chi connectivity index (χ4n) is 4.36. The Morgan fingerprint density at radius 3 is 2.70 bits per heavy atom. The Hall–Kier alpha value is -1.95. The Bertz CT molecular complexity index is 637. The Morgan fingerprint density at radius 2 is 2.07 bits per heavy atom. The monoisotopic (exact) mass is 373 g/mol. The van der Waals surface area contributed by atoms with Crippen molar-refractivity contribution in [1.82, 2.24) is 14.8 Å². The van der Waals surface area contributed by atoms with Crippen molar-refractivity contribution in [3.63, 3.8) is 0 Å². The van der Waals surface area contributed by atoms with E-state index in [1.807, 2.05) is 34.9 Å². The first-order valence-electron chi connectivity index (χ1n) is 10.1. The zero-order valence-electron chi connectivity index (χ0n) is 16.5. The van der Waals surface area contributed by atoms with Gasteiger partial charge in [0.05, 0.1) is 0 Å². The van der Waals surface area contributed by atoms with E-state index >= 15 is 0 Å². The van der Waals surface area contributed by atoms with E-state index in [2.05, 4.69) is 4.98 Å². The predicted molar refractivity (Wildman–Crippen MR) is 103 cm³/mol. The van der Waals surface area contributed by atoms with Gasteiger partial charge in [0, 0.05) is 58.0 Å². The number of carbonyl (C=O) groups is 2. The van der Waals surface area contributed by atoms with Crippen LogP contribution in [0.25, 0.3) is 0 Å². The van der Waals surface area contributed by atoms with Crippen LogP contribution in [0.5, 0.6) is 0 Å². The van der Waals surface area contributed by atoms with Crippen LogP contribution in [0.2, 0.25) is 0 Å². The molecule has 0 N–H and O–H groups in total. The number of nitrogens with zero attached hydrogens (tertiary/aromatic N) is 3. The molecule has 3 heterocycles. The van der Waals surface area contributed by atoms with E-state index in [-0.39, 0.29) is 23.3 Å². The minimum absolute atomic E-state index is 0.105. The van der Waals surface area contributed by atoms with Gasteiger partial charge in [-0.3, -0.25) is 14.6 Å². The molecule has 2 aliphatic heterocycles. The van der Waals surface area contributed by atoms with Crippen molar-refractivity contribution in [1.29, 1.82) is 0 Å². The maximum absolute atomic E-state index is 12.5. The van der Waals surface area contributed by atoms with Crippen molar-refractivity contribution in [2.45, 2.75) is 51.6 Å². The lowest BCUT2D eigenvalue weighted by atomic mass is 9.72. The first-order chi connectivity index (χ1) is 13.1. The second-order valence-electron chi connectivity index (χ2n) is 7.84. The number of rotatable bonds is 6. The first-order valence-corrected chi connectivity index (χ1v) is 10.1. The molecule has 2 saturated heterocycles. The summed E-state index contributed by atoms with van der Waals surface area (Å²) >= 11 is 0. The molecule has 2 amide bonds. The lowest BCUT2D eigenvalue weighted by molar-refractivity contribution is -0.148. The number of carbonyl (C=O) groups excluding carboxylic acids is 2. The summed E-state index contributed by atoms with van der Waals surface area (Å²) in [6.07, 6.45) is 6.44. The third-order valence-corrected chi connectivity index (χ3v) is 6.18. The molecular weight excluding hydrogens is 342 g/mol. The van der Waals surface area contributed by atoms with E-state index in [0.717, 1.165) is 57.6 Å². The molecule has 0 aromatic carbocycles. The van der Waals surface area contributed by atoms with E-state index in [9.17, 15) is 9.59 Å². The van der Waals surface area contributed by atoms with E-state index in [0.29, 0.717) is 12.8 Å². The third kappa shape index (κ3) is 4.67. The van der Waals surface area contributed by atoms with Gasteiger partial charge < -0.3 is 14.5 Å². The quantitative estimate of drug-likeness (QED) is 0.767. The van der Waals surface area contributed by atoms with Gasteiger partial charge in [-0.05, 0) is 43.2 Å². The van der Waals surface area contributed by atoms with Gasteiger partial charge in [0.1, 0.15) is 6.10 Å².